The zero-order chi connectivity index (χ0) is 13.1. The average Bonchev–Trinajstić information content (AvgIpc) is 2.93. The number of benzene rings is 1. The van der Waals surface area contributed by atoms with Gasteiger partial charge in [-0.05, 0) is 29.8 Å². The van der Waals surface area contributed by atoms with Crippen molar-refractivity contribution >= 4 is 0 Å². The standard InChI is InChI=1S/C14H13NO4/c16-7-11-2-1-5-15-14(11)17-8-10-3-4-12-13(6-10)19-9-18-12/h1-6,16H,7-9H2. The van der Waals surface area contributed by atoms with Crippen molar-refractivity contribution in [1.82, 2.24) is 4.98 Å². The maximum absolute atomic E-state index is 9.19. The molecule has 0 fully saturated rings. The van der Waals surface area contributed by atoms with Crippen molar-refractivity contribution in [2.45, 2.75) is 13.2 Å². The van der Waals surface area contributed by atoms with Crippen LogP contribution < -0.4 is 14.2 Å². The molecule has 2 aromatic rings. The van der Waals surface area contributed by atoms with Crippen LogP contribution in [0.25, 0.3) is 0 Å². The lowest BCUT2D eigenvalue weighted by atomic mass is 10.2. The minimum absolute atomic E-state index is 0.0929. The van der Waals surface area contributed by atoms with E-state index in [1.54, 1.807) is 18.3 Å². The summed E-state index contributed by atoms with van der Waals surface area (Å²) in [4.78, 5) is 4.10. The van der Waals surface area contributed by atoms with Gasteiger partial charge in [-0.3, -0.25) is 0 Å². The van der Waals surface area contributed by atoms with Crippen molar-refractivity contribution in [3.8, 4) is 17.4 Å². The number of aliphatic hydroxyl groups excluding tert-OH is 1. The van der Waals surface area contributed by atoms with Crippen molar-refractivity contribution in [2.75, 3.05) is 6.79 Å². The van der Waals surface area contributed by atoms with Crippen LogP contribution in [0, 0.1) is 0 Å². The molecule has 0 unspecified atom stereocenters. The molecule has 0 saturated heterocycles. The van der Waals surface area contributed by atoms with E-state index in [9.17, 15) is 5.11 Å². The number of fused-ring (bicyclic) bond motifs is 1. The second kappa shape index (κ2) is 5.16. The van der Waals surface area contributed by atoms with Crippen molar-refractivity contribution in [3.05, 3.63) is 47.7 Å². The highest BCUT2D eigenvalue weighted by atomic mass is 16.7. The Labute approximate surface area is 110 Å². The minimum Gasteiger partial charge on any atom is -0.473 e. The lowest BCUT2D eigenvalue weighted by molar-refractivity contribution is 0.174. The third kappa shape index (κ3) is 2.46. The molecule has 2 heterocycles. The maximum Gasteiger partial charge on any atom is 0.231 e. The quantitative estimate of drug-likeness (QED) is 0.908. The van der Waals surface area contributed by atoms with Crippen LogP contribution in [0.2, 0.25) is 0 Å². The molecule has 0 amide bonds. The number of ether oxygens (including phenoxy) is 3. The Morgan fingerprint density at radius 1 is 1.21 bits per heavy atom. The third-order valence-electron chi connectivity index (χ3n) is 2.83. The van der Waals surface area contributed by atoms with Gasteiger partial charge in [0.15, 0.2) is 11.5 Å². The fourth-order valence-corrected chi connectivity index (χ4v) is 1.86. The highest BCUT2D eigenvalue weighted by molar-refractivity contribution is 5.44. The summed E-state index contributed by atoms with van der Waals surface area (Å²) in [5.41, 5.74) is 1.63. The predicted octanol–water partition coefficient (Wildman–Crippen LogP) is 1.88. The summed E-state index contributed by atoms with van der Waals surface area (Å²) in [5, 5.41) is 9.19. The van der Waals surface area contributed by atoms with Gasteiger partial charge in [0.2, 0.25) is 12.7 Å². The van der Waals surface area contributed by atoms with Gasteiger partial charge in [-0.15, -0.1) is 0 Å². The third-order valence-corrected chi connectivity index (χ3v) is 2.83. The molecule has 1 N–H and O–H groups in total. The Bertz CT molecular complexity index is 585. The first-order valence-corrected chi connectivity index (χ1v) is 5.93. The van der Waals surface area contributed by atoms with E-state index in [0.717, 1.165) is 17.1 Å². The second-order valence-electron chi connectivity index (χ2n) is 4.10. The van der Waals surface area contributed by atoms with Gasteiger partial charge >= 0.3 is 0 Å². The number of rotatable bonds is 4. The molecule has 0 radical (unpaired) electrons. The Morgan fingerprint density at radius 2 is 2.11 bits per heavy atom. The molecule has 0 aliphatic carbocycles. The summed E-state index contributed by atoms with van der Waals surface area (Å²) in [6.45, 7) is 0.527. The van der Waals surface area contributed by atoms with Gasteiger partial charge < -0.3 is 19.3 Å². The number of hydrogen-bond acceptors (Lipinski definition) is 5. The summed E-state index contributed by atoms with van der Waals surface area (Å²) in [6, 6.07) is 9.19. The van der Waals surface area contributed by atoms with E-state index in [4.69, 9.17) is 14.2 Å². The highest BCUT2D eigenvalue weighted by Gasteiger charge is 2.13. The van der Waals surface area contributed by atoms with Crippen molar-refractivity contribution < 1.29 is 19.3 Å². The zero-order valence-electron chi connectivity index (χ0n) is 10.2. The fourth-order valence-electron chi connectivity index (χ4n) is 1.86. The Morgan fingerprint density at radius 3 is 3.00 bits per heavy atom. The molecule has 98 valence electrons. The largest absolute Gasteiger partial charge is 0.473 e. The Balaban J connectivity index is 1.72. The molecule has 1 aliphatic heterocycles. The van der Waals surface area contributed by atoms with Crippen LogP contribution in [0.4, 0.5) is 0 Å². The smallest absolute Gasteiger partial charge is 0.231 e. The minimum atomic E-state index is -0.0929. The molecule has 5 nitrogen and oxygen atoms in total. The molecule has 0 spiro atoms. The zero-order valence-corrected chi connectivity index (χ0v) is 10.2. The normalized spacial score (nSPS) is 12.5. The van der Waals surface area contributed by atoms with Crippen molar-refractivity contribution in [3.63, 3.8) is 0 Å². The fraction of sp³-hybridized carbons (Fsp3) is 0.214. The molecule has 0 bridgehead atoms. The predicted molar refractivity (Wildman–Crippen MR) is 67.1 cm³/mol. The second-order valence-corrected chi connectivity index (χ2v) is 4.10. The lowest BCUT2D eigenvalue weighted by Gasteiger charge is -2.09. The molecule has 0 saturated carbocycles. The number of pyridine rings is 1. The summed E-state index contributed by atoms with van der Waals surface area (Å²) >= 11 is 0. The number of hydrogen-bond donors (Lipinski definition) is 1. The molecule has 5 heteroatoms. The Hall–Kier alpha value is -2.27. The summed E-state index contributed by atoms with van der Waals surface area (Å²) < 4.78 is 16.2. The molecule has 1 aromatic heterocycles. The van der Waals surface area contributed by atoms with E-state index < -0.39 is 0 Å². The van der Waals surface area contributed by atoms with Crippen molar-refractivity contribution in [1.29, 1.82) is 0 Å². The molecule has 3 rings (SSSR count). The monoisotopic (exact) mass is 259 g/mol. The SMILES string of the molecule is OCc1cccnc1OCc1ccc2c(c1)OCO2. The van der Waals surface area contributed by atoms with E-state index in [0.29, 0.717) is 18.1 Å². The average molecular weight is 259 g/mol. The van der Waals surface area contributed by atoms with Crippen molar-refractivity contribution in [2.24, 2.45) is 0 Å². The molecule has 0 atom stereocenters. The van der Waals surface area contributed by atoms with Gasteiger partial charge in [0.05, 0.1) is 6.61 Å². The summed E-state index contributed by atoms with van der Waals surface area (Å²) in [7, 11) is 0. The van der Waals surface area contributed by atoms with Gasteiger partial charge in [-0.2, -0.15) is 0 Å². The summed E-state index contributed by atoms with van der Waals surface area (Å²) in [5.74, 6) is 1.92. The summed E-state index contributed by atoms with van der Waals surface area (Å²) in [6.07, 6.45) is 1.63. The molecular formula is C14H13NO4. The van der Waals surface area contributed by atoms with Gasteiger partial charge in [-0.1, -0.05) is 6.07 Å². The van der Waals surface area contributed by atoms with E-state index in [1.807, 2.05) is 18.2 Å². The van der Waals surface area contributed by atoms with Crippen LogP contribution in [0.15, 0.2) is 36.5 Å². The van der Waals surface area contributed by atoms with Crippen LogP contribution in [0.1, 0.15) is 11.1 Å². The van der Waals surface area contributed by atoms with Gasteiger partial charge in [0, 0.05) is 11.8 Å². The van der Waals surface area contributed by atoms with E-state index in [1.165, 1.54) is 0 Å². The number of aromatic nitrogens is 1. The number of aliphatic hydroxyl groups is 1. The first-order chi connectivity index (χ1) is 9.36. The number of nitrogens with zero attached hydrogens (tertiary/aromatic N) is 1. The van der Waals surface area contributed by atoms with Gasteiger partial charge in [0.1, 0.15) is 6.61 Å². The first-order valence-electron chi connectivity index (χ1n) is 5.93. The molecule has 1 aromatic carbocycles. The topological polar surface area (TPSA) is 60.8 Å². The van der Waals surface area contributed by atoms with Crippen LogP contribution in [0.5, 0.6) is 17.4 Å². The molecular weight excluding hydrogens is 246 g/mol. The molecule has 1 aliphatic rings. The van der Waals surface area contributed by atoms with Gasteiger partial charge in [0.25, 0.3) is 0 Å². The first kappa shape index (κ1) is 11.8. The van der Waals surface area contributed by atoms with E-state index >= 15 is 0 Å². The van der Waals surface area contributed by atoms with Crippen LogP contribution >= 0.6 is 0 Å². The molecule has 19 heavy (non-hydrogen) atoms. The highest BCUT2D eigenvalue weighted by Crippen LogP contribution is 2.32. The van der Waals surface area contributed by atoms with E-state index in [-0.39, 0.29) is 13.4 Å². The Kier molecular flexibility index (Phi) is 3.20. The maximum atomic E-state index is 9.19. The van der Waals surface area contributed by atoms with Crippen LogP contribution in [0.3, 0.4) is 0 Å². The van der Waals surface area contributed by atoms with Crippen LogP contribution in [-0.4, -0.2) is 16.9 Å². The van der Waals surface area contributed by atoms with E-state index in [2.05, 4.69) is 4.98 Å². The van der Waals surface area contributed by atoms with Crippen LogP contribution in [-0.2, 0) is 13.2 Å². The lowest BCUT2D eigenvalue weighted by Crippen LogP contribution is -2.00. The van der Waals surface area contributed by atoms with Gasteiger partial charge in [-0.25, -0.2) is 4.98 Å².